The number of hydrogen-bond acceptors (Lipinski definition) is 8. The van der Waals surface area contributed by atoms with Gasteiger partial charge >= 0.3 is 0 Å². The summed E-state index contributed by atoms with van der Waals surface area (Å²) in [6.45, 7) is 4.44. The number of carbonyl (C=O) groups excluding carboxylic acids is 2. The molecule has 7 N–H and O–H groups in total. The van der Waals surface area contributed by atoms with Gasteiger partial charge in [0.2, 0.25) is 5.78 Å². The molecule has 0 heterocycles. The number of aryl methyl sites for hydroxylation is 2. The zero-order valence-corrected chi connectivity index (χ0v) is 16.7. The highest BCUT2D eigenvalue weighted by atomic mass is 16.4. The van der Waals surface area contributed by atoms with Crippen LogP contribution >= 0.6 is 0 Å². The Balaban J connectivity index is 2.06. The number of hydrogen-bond donors (Lipinski definition) is 6. The molecule has 0 aliphatic heterocycles. The first-order chi connectivity index (χ1) is 13.9. The monoisotopic (exact) mass is 413 g/mol. The van der Waals surface area contributed by atoms with Gasteiger partial charge in [0, 0.05) is 11.5 Å². The largest absolute Gasteiger partial charge is 0.510 e. The van der Waals surface area contributed by atoms with Crippen LogP contribution in [0.1, 0.15) is 35.3 Å². The lowest BCUT2D eigenvalue weighted by Gasteiger charge is -2.48. The highest BCUT2D eigenvalue weighted by molar-refractivity contribution is 6.23. The standard InChI is InChI=1S/C22H23NO7/c1-7-4-5-10-8(2)11-6-12-16(23)19(27)13(9(3)24)20(28)22(12,30)21(29)15(11)18(26)14(10)17(7)25/h4-5,12,16,21,25-27,29-30H,6,23H2,1-3H3. The molecular formula is C22H23NO7. The Labute approximate surface area is 171 Å². The maximum Gasteiger partial charge on any atom is 0.204 e. The predicted molar refractivity (Wildman–Crippen MR) is 107 cm³/mol. The number of fused-ring (bicyclic) bond motifs is 3. The lowest BCUT2D eigenvalue weighted by Crippen LogP contribution is -2.63. The number of aromatic hydroxyl groups is 2. The van der Waals surface area contributed by atoms with Gasteiger partial charge in [-0.2, -0.15) is 0 Å². The van der Waals surface area contributed by atoms with Crippen molar-refractivity contribution in [3.05, 3.63) is 45.7 Å². The Morgan fingerprint density at radius 2 is 1.80 bits per heavy atom. The normalized spacial score (nSPS) is 28.5. The van der Waals surface area contributed by atoms with Crippen molar-refractivity contribution in [3.63, 3.8) is 0 Å². The summed E-state index contributed by atoms with van der Waals surface area (Å²) in [7, 11) is 0. The summed E-state index contributed by atoms with van der Waals surface area (Å²) in [6, 6.07) is 2.15. The molecule has 4 atom stereocenters. The molecule has 0 aromatic heterocycles. The van der Waals surface area contributed by atoms with E-state index in [0.29, 0.717) is 22.1 Å². The van der Waals surface area contributed by atoms with Gasteiger partial charge in [-0.05, 0) is 49.3 Å². The van der Waals surface area contributed by atoms with Crippen LogP contribution in [0.4, 0.5) is 0 Å². The van der Waals surface area contributed by atoms with E-state index in [0.717, 1.165) is 6.92 Å². The summed E-state index contributed by atoms with van der Waals surface area (Å²) < 4.78 is 0. The molecule has 8 nitrogen and oxygen atoms in total. The fourth-order valence-electron chi connectivity index (χ4n) is 4.95. The Hall–Kier alpha value is -2.94. The third kappa shape index (κ3) is 2.26. The molecule has 2 aliphatic rings. The van der Waals surface area contributed by atoms with E-state index in [1.54, 1.807) is 26.0 Å². The quantitative estimate of drug-likeness (QED) is 0.379. The summed E-state index contributed by atoms with van der Waals surface area (Å²) >= 11 is 0. The summed E-state index contributed by atoms with van der Waals surface area (Å²) in [6.07, 6.45) is -1.95. The van der Waals surface area contributed by atoms with E-state index in [4.69, 9.17) is 5.73 Å². The molecule has 2 aromatic rings. The number of ketones is 2. The number of nitrogens with two attached hydrogens (primary N) is 1. The number of Topliss-reactive ketones (excluding diaryl/α,β-unsaturated/α-hetero) is 2. The highest BCUT2D eigenvalue weighted by Crippen LogP contribution is 2.54. The highest BCUT2D eigenvalue weighted by Gasteiger charge is 2.61. The molecule has 8 heteroatoms. The van der Waals surface area contributed by atoms with Crippen LogP contribution in [0.2, 0.25) is 0 Å². The van der Waals surface area contributed by atoms with Gasteiger partial charge < -0.3 is 31.3 Å². The van der Waals surface area contributed by atoms with Gasteiger partial charge in [0.1, 0.15) is 28.9 Å². The van der Waals surface area contributed by atoms with E-state index in [9.17, 15) is 35.1 Å². The van der Waals surface area contributed by atoms with Gasteiger partial charge in [-0.15, -0.1) is 0 Å². The fraction of sp³-hybridized carbons (Fsp3) is 0.364. The van der Waals surface area contributed by atoms with Crippen LogP contribution < -0.4 is 5.73 Å². The second-order valence-electron chi connectivity index (χ2n) is 8.23. The van der Waals surface area contributed by atoms with E-state index in [2.05, 4.69) is 0 Å². The molecule has 0 bridgehead atoms. The van der Waals surface area contributed by atoms with E-state index in [-0.39, 0.29) is 23.1 Å². The van der Waals surface area contributed by atoms with E-state index in [1.807, 2.05) is 0 Å². The summed E-state index contributed by atoms with van der Waals surface area (Å²) in [5.74, 6) is -4.28. The number of benzene rings is 2. The average molecular weight is 413 g/mol. The predicted octanol–water partition coefficient (Wildman–Crippen LogP) is 1.12. The molecule has 158 valence electrons. The Bertz CT molecular complexity index is 1180. The van der Waals surface area contributed by atoms with Crippen molar-refractivity contribution in [3.8, 4) is 11.5 Å². The van der Waals surface area contributed by atoms with Crippen molar-refractivity contribution in [1.82, 2.24) is 0 Å². The maximum absolute atomic E-state index is 13.0. The van der Waals surface area contributed by atoms with Gasteiger partial charge in [0.25, 0.3) is 0 Å². The molecule has 0 amide bonds. The van der Waals surface area contributed by atoms with Crippen LogP contribution in [0.15, 0.2) is 23.5 Å². The van der Waals surface area contributed by atoms with Crippen LogP contribution in [0.25, 0.3) is 10.8 Å². The third-order valence-electron chi connectivity index (χ3n) is 6.68. The number of aliphatic hydroxyl groups excluding tert-OH is 2. The second-order valence-corrected chi connectivity index (χ2v) is 8.23. The minimum Gasteiger partial charge on any atom is -0.510 e. The molecule has 0 spiro atoms. The van der Waals surface area contributed by atoms with E-state index in [1.165, 1.54) is 0 Å². The molecule has 2 aliphatic carbocycles. The third-order valence-corrected chi connectivity index (χ3v) is 6.68. The first-order valence-electron chi connectivity index (χ1n) is 9.55. The maximum atomic E-state index is 13.0. The molecule has 0 saturated carbocycles. The van der Waals surface area contributed by atoms with Gasteiger partial charge in [0.15, 0.2) is 11.4 Å². The molecule has 4 rings (SSSR count). The van der Waals surface area contributed by atoms with Crippen molar-refractivity contribution < 1.29 is 35.1 Å². The average Bonchev–Trinajstić information content (AvgIpc) is 2.68. The van der Waals surface area contributed by atoms with Crippen LogP contribution in [0.3, 0.4) is 0 Å². The Morgan fingerprint density at radius 3 is 2.40 bits per heavy atom. The molecule has 0 saturated heterocycles. The lowest BCUT2D eigenvalue weighted by molar-refractivity contribution is -0.166. The van der Waals surface area contributed by atoms with Crippen LogP contribution in [0, 0.1) is 19.8 Å². The fourth-order valence-corrected chi connectivity index (χ4v) is 4.95. The SMILES string of the molecule is CC(=O)C1=C(O)C(N)C2Cc3c(c(O)c4c(O)c(C)ccc4c3C)C(O)C2(O)C1=O. The Morgan fingerprint density at radius 1 is 1.17 bits per heavy atom. The molecule has 0 radical (unpaired) electrons. The zero-order chi connectivity index (χ0) is 22.3. The first-order valence-corrected chi connectivity index (χ1v) is 9.55. The number of aliphatic hydroxyl groups is 3. The number of phenols is 2. The molecule has 30 heavy (non-hydrogen) atoms. The Kier molecular flexibility index (Phi) is 4.26. The van der Waals surface area contributed by atoms with Gasteiger partial charge in [-0.1, -0.05) is 12.1 Å². The summed E-state index contributed by atoms with van der Waals surface area (Å²) in [5, 5.41) is 55.0. The van der Waals surface area contributed by atoms with Crippen molar-refractivity contribution >= 4 is 22.3 Å². The number of rotatable bonds is 1. The molecular weight excluding hydrogens is 390 g/mol. The topological polar surface area (TPSA) is 161 Å². The second kappa shape index (κ2) is 6.28. The van der Waals surface area contributed by atoms with E-state index >= 15 is 0 Å². The van der Waals surface area contributed by atoms with Gasteiger partial charge in [-0.25, -0.2) is 0 Å². The number of carbonyl (C=O) groups is 2. The van der Waals surface area contributed by atoms with Crippen molar-refractivity contribution in [1.29, 1.82) is 0 Å². The summed E-state index contributed by atoms with van der Waals surface area (Å²) in [5.41, 5.74) is 4.42. The number of phenolic OH excluding ortho intramolecular Hbond substituents is 2. The molecule has 0 fully saturated rings. The molecule has 2 aromatic carbocycles. The first kappa shape index (κ1) is 20.3. The van der Waals surface area contributed by atoms with Gasteiger partial charge in [-0.3, -0.25) is 9.59 Å². The lowest BCUT2D eigenvalue weighted by atomic mass is 9.60. The minimum absolute atomic E-state index is 0.0327. The minimum atomic E-state index is -2.52. The van der Waals surface area contributed by atoms with Crippen molar-refractivity contribution in [2.45, 2.75) is 44.9 Å². The van der Waals surface area contributed by atoms with Crippen LogP contribution in [-0.4, -0.2) is 48.7 Å². The molecule has 4 unspecified atom stereocenters. The smallest absolute Gasteiger partial charge is 0.204 e. The van der Waals surface area contributed by atoms with Crippen molar-refractivity contribution in [2.75, 3.05) is 0 Å². The zero-order valence-electron chi connectivity index (χ0n) is 16.7. The van der Waals surface area contributed by atoms with Gasteiger partial charge in [0.05, 0.1) is 11.4 Å². The van der Waals surface area contributed by atoms with Crippen LogP contribution in [-0.2, 0) is 16.0 Å². The van der Waals surface area contributed by atoms with Crippen LogP contribution in [0.5, 0.6) is 11.5 Å². The van der Waals surface area contributed by atoms with Crippen molar-refractivity contribution in [2.24, 2.45) is 11.7 Å². The van der Waals surface area contributed by atoms with E-state index < -0.39 is 52.3 Å². The summed E-state index contributed by atoms with van der Waals surface area (Å²) in [4.78, 5) is 25.0.